The van der Waals surface area contributed by atoms with Crippen LogP contribution in [0, 0.1) is 18.8 Å². The van der Waals surface area contributed by atoms with Crippen LogP contribution >= 0.6 is 0 Å². The first-order valence-electron chi connectivity index (χ1n) is 12.2. The molecule has 34 heavy (non-hydrogen) atoms. The predicted molar refractivity (Wildman–Crippen MR) is 123 cm³/mol. The van der Waals surface area contributed by atoms with E-state index in [1.165, 1.54) is 63.0 Å². The average molecular weight is 473 g/mol. The summed E-state index contributed by atoms with van der Waals surface area (Å²) in [7, 11) is 0. The lowest BCUT2D eigenvalue weighted by Gasteiger charge is -2.32. The third kappa shape index (κ3) is 5.57. The van der Waals surface area contributed by atoms with Crippen molar-refractivity contribution in [3.8, 4) is 5.75 Å². The quantitative estimate of drug-likeness (QED) is 0.517. The Bertz CT molecular complexity index is 1040. The molecular weight excluding hydrogens is 441 g/mol. The first-order valence-corrected chi connectivity index (χ1v) is 12.2. The van der Waals surface area contributed by atoms with E-state index in [-0.39, 0.29) is 11.7 Å². The zero-order valence-corrected chi connectivity index (χ0v) is 19.5. The Kier molecular flexibility index (Phi) is 6.32. The van der Waals surface area contributed by atoms with E-state index in [4.69, 9.17) is 0 Å². The minimum atomic E-state index is -4.71. The Balaban J connectivity index is 1.20. The molecule has 2 aromatic carbocycles. The number of likely N-dealkylation sites (tertiary alicyclic amines) is 1. The van der Waals surface area contributed by atoms with Gasteiger partial charge in [-0.15, -0.1) is 13.2 Å². The van der Waals surface area contributed by atoms with Gasteiger partial charge >= 0.3 is 6.36 Å². The summed E-state index contributed by atoms with van der Waals surface area (Å²) in [5.74, 6) is 1.37. The summed E-state index contributed by atoms with van der Waals surface area (Å²) in [5.41, 5.74) is 4.93. The highest BCUT2D eigenvalue weighted by Gasteiger charge is 2.32. The van der Waals surface area contributed by atoms with Gasteiger partial charge in [0.1, 0.15) is 5.75 Å². The van der Waals surface area contributed by atoms with Crippen molar-refractivity contribution in [3.05, 3.63) is 64.2 Å². The first kappa shape index (κ1) is 23.2. The van der Waals surface area contributed by atoms with Crippen LogP contribution in [0.2, 0.25) is 0 Å². The molecule has 0 bridgehead atoms. The third-order valence-electron chi connectivity index (χ3n) is 7.31. The molecule has 0 aromatic heterocycles. The molecule has 2 aliphatic heterocycles. The Labute approximate surface area is 198 Å². The molecule has 0 spiro atoms. The number of alkyl halides is 3. The molecule has 5 rings (SSSR count). The van der Waals surface area contributed by atoms with Gasteiger partial charge in [-0.2, -0.15) is 0 Å². The Morgan fingerprint density at radius 2 is 1.68 bits per heavy atom. The van der Waals surface area contributed by atoms with Crippen LogP contribution in [0.5, 0.6) is 5.75 Å². The minimum Gasteiger partial charge on any atom is -0.406 e. The van der Waals surface area contributed by atoms with Crippen molar-refractivity contribution in [1.29, 1.82) is 0 Å². The van der Waals surface area contributed by atoms with Gasteiger partial charge in [0.2, 0.25) is 0 Å². The van der Waals surface area contributed by atoms with Gasteiger partial charge < -0.3 is 14.5 Å². The molecule has 2 aromatic rings. The number of hydrogen-bond donors (Lipinski definition) is 0. The summed E-state index contributed by atoms with van der Waals surface area (Å²) < 4.78 is 41.1. The second-order valence-corrected chi connectivity index (χ2v) is 10.2. The zero-order chi connectivity index (χ0) is 23.9. The van der Waals surface area contributed by atoms with Gasteiger partial charge in [0.25, 0.3) is 5.91 Å². The molecule has 4 nitrogen and oxygen atoms in total. The number of nitrogens with zero attached hydrogens (tertiary/aromatic N) is 2. The Hall–Kier alpha value is -2.54. The SMILES string of the molecule is Cc1cc(CC2CCN(CC3CC3)CC2)cc2c1C(=O)N(Cc1ccc(OC(F)(F)F)cc1)C2. The highest BCUT2D eigenvalue weighted by molar-refractivity contribution is 5.99. The van der Waals surface area contributed by atoms with Crippen molar-refractivity contribution >= 4 is 5.91 Å². The van der Waals surface area contributed by atoms with Crippen LogP contribution in [0.1, 0.15) is 58.3 Å². The van der Waals surface area contributed by atoms with Crippen molar-refractivity contribution < 1.29 is 22.7 Å². The fraction of sp³-hybridized carbons (Fsp3) is 0.519. The van der Waals surface area contributed by atoms with E-state index >= 15 is 0 Å². The summed E-state index contributed by atoms with van der Waals surface area (Å²) in [6, 6.07) is 10.1. The van der Waals surface area contributed by atoms with E-state index < -0.39 is 6.36 Å². The third-order valence-corrected chi connectivity index (χ3v) is 7.31. The Morgan fingerprint density at radius 3 is 2.32 bits per heavy atom. The van der Waals surface area contributed by atoms with Gasteiger partial charge in [0, 0.05) is 25.2 Å². The maximum Gasteiger partial charge on any atom is 0.573 e. The zero-order valence-electron chi connectivity index (χ0n) is 19.5. The molecule has 0 atom stereocenters. The van der Waals surface area contributed by atoms with Crippen molar-refractivity contribution in [2.45, 2.75) is 58.5 Å². The lowest BCUT2D eigenvalue weighted by molar-refractivity contribution is -0.274. The van der Waals surface area contributed by atoms with Gasteiger partial charge in [-0.05, 0) is 98.3 Å². The van der Waals surface area contributed by atoms with Crippen LogP contribution in [0.15, 0.2) is 36.4 Å². The molecule has 1 amide bonds. The smallest absolute Gasteiger partial charge is 0.406 e. The number of ether oxygens (including phenoxy) is 1. The standard InChI is InChI=1S/C27H31F3N2O2/c1-18-12-22(13-19-8-10-31(11-9-19)15-20-2-3-20)14-23-17-32(26(33)25(18)23)16-21-4-6-24(7-5-21)34-27(28,29)30/h4-7,12,14,19-20H,2-3,8-11,13,15-17H2,1H3. The second-order valence-electron chi connectivity index (χ2n) is 10.2. The molecular formula is C27H31F3N2O2. The maximum absolute atomic E-state index is 13.1. The Morgan fingerprint density at radius 1 is 0.971 bits per heavy atom. The highest BCUT2D eigenvalue weighted by atomic mass is 19.4. The van der Waals surface area contributed by atoms with E-state index in [1.54, 1.807) is 17.0 Å². The predicted octanol–water partition coefficient (Wildman–Crippen LogP) is 5.71. The van der Waals surface area contributed by atoms with E-state index in [1.807, 2.05) is 6.92 Å². The lowest BCUT2D eigenvalue weighted by Crippen LogP contribution is -2.35. The molecule has 182 valence electrons. The number of fused-ring (bicyclic) bond motifs is 1. The molecule has 7 heteroatoms. The topological polar surface area (TPSA) is 32.8 Å². The summed E-state index contributed by atoms with van der Waals surface area (Å²) in [6.45, 7) is 6.57. The number of piperidine rings is 1. The fourth-order valence-electron chi connectivity index (χ4n) is 5.44. The van der Waals surface area contributed by atoms with Crippen molar-refractivity contribution in [3.63, 3.8) is 0 Å². The molecule has 1 saturated heterocycles. The van der Waals surface area contributed by atoms with Gasteiger partial charge in [-0.3, -0.25) is 4.79 Å². The average Bonchev–Trinajstić information content (AvgIpc) is 3.53. The number of rotatable bonds is 7. The van der Waals surface area contributed by atoms with Crippen LogP contribution in [-0.4, -0.2) is 41.7 Å². The van der Waals surface area contributed by atoms with E-state index in [2.05, 4.69) is 21.8 Å². The number of aryl methyl sites for hydroxylation is 1. The number of hydrogen-bond acceptors (Lipinski definition) is 3. The van der Waals surface area contributed by atoms with Gasteiger partial charge in [-0.1, -0.05) is 24.3 Å². The van der Waals surface area contributed by atoms with Crippen LogP contribution in [-0.2, 0) is 19.5 Å². The normalized spacial score (nSPS) is 19.5. The number of carbonyl (C=O) groups excluding carboxylic acids is 1. The van der Waals surface area contributed by atoms with Crippen molar-refractivity contribution in [2.75, 3.05) is 19.6 Å². The van der Waals surface area contributed by atoms with Crippen LogP contribution in [0.3, 0.4) is 0 Å². The summed E-state index contributed by atoms with van der Waals surface area (Å²) in [6.07, 6.45) is 1.63. The van der Waals surface area contributed by atoms with Crippen molar-refractivity contribution in [2.24, 2.45) is 11.8 Å². The lowest BCUT2D eigenvalue weighted by atomic mass is 9.88. The van der Waals surface area contributed by atoms with Crippen molar-refractivity contribution in [1.82, 2.24) is 9.80 Å². The number of halogens is 3. The highest BCUT2D eigenvalue weighted by Crippen LogP contribution is 2.33. The monoisotopic (exact) mass is 472 g/mol. The van der Waals surface area contributed by atoms with Crippen LogP contribution < -0.4 is 4.74 Å². The summed E-state index contributed by atoms with van der Waals surface area (Å²) in [4.78, 5) is 17.4. The summed E-state index contributed by atoms with van der Waals surface area (Å²) >= 11 is 0. The van der Waals surface area contributed by atoms with Gasteiger partial charge in [0.15, 0.2) is 0 Å². The van der Waals surface area contributed by atoms with E-state index in [9.17, 15) is 18.0 Å². The molecule has 1 aliphatic carbocycles. The molecule has 0 N–H and O–H groups in total. The number of amides is 1. The molecule has 2 heterocycles. The van der Waals surface area contributed by atoms with Crippen LogP contribution in [0.25, 0.3) is 0 Å². The van der Waals surface area contributed by atoms with Gasteiger partial charge in [0.05, 0.1) is 0 Å². The molecule has 0 unspecified atom stereocenters. The molecule has 1 saturated carbocycles. The van der Waals surface area contributed by atoms with E-state index in [0.717, 1.165) is 34.6 Å². The maximum atomic E-state index is 13.1. The fourth-order valence-corrected chi connectivity index (χ4v) is 5.44. The van der Waals surface area contributed by atoms with Crippen LogP contribution in [0.4, 0.5) is 13.2 Å². The summed E-state index contributed by atoms with van der Waals surface area (Å²) in [5, 5.41) is 0. The number of benzene rings is 2. The minimum absolute atomic E-state index is 0.0111. The largest absolute Gasteiger partial charge is 0.573 e. The molecule has 3 aliphatic rings. The molecule has 2 fully saturated rings. The first-order chi connectivity index (χ1) is 16.2. The number of carbonyl (C=O) groups is 1. The van der Waals surface area contributed by atoms with E-state index in [0.29, 0.717) is 19.0 Å². The van der Waals surface area contributed by atoms with Gasteiger partial charge in [-0.25, -0.2) is 0 Å². The second kappa shape index (κ2) is 9.25. The molecule has 0 radical (unpaired) electrons.